The predicted molar refractivity (Wildman–Crippen MR) is 114 cm³/mol. The number of carbonyl (C=O) groups is 1. The summed E-state index contributed by atoms with van der Waals surface area (Å²) in [5.74, 6) is 0.793. The fourth-order valence-corrected chi connectivity index (χ4v) is 4.06. The number of nitrogens with zero attached hydrogens (tertiary/aromatic N) is 3. The summed E-state index contributed by atoms with van der Waals surface area (Å²) < 4.78 is 13.1. The van der Waals surface area contributed by atoms with Crippen molar-refractivity contribution >= 4 is 28.5 Å². The zero-order chi connectivity index (χ0) is 21.3. The number of fused-ring (bicyclic) bond motifs is 1. The van der Waals surface area contributed by atoms with Crippen LogP contribution in [-0.2, 0) is 11.3 Å². The minimum atomic E-state index is -0.386. The Morgan fingerprint density at radius 2 is 2.03 bits per heavy atom. The molecule has 0 atom stereocenters. The molecule has 0 unspecified atom stereocenters. The number of rotatable bonds is 5. The van der Waals surface area contributed by atoms with Gasteiger partial charge in [-0.15, -0.1) is 0 Å². The minimum Gasteiger partial charge on any atom is -0.482 e. The van der Waals surface area contributed by atoms with Gasteiger partial charge >= 0.3 is 5.63 Å². The minimum absolute atomic E-state index is 0.0752. The van der Waals surface area contributed by atoms with Gasteiger partial charge in [-0.3, -0.25) is 4.79 Å². The Bertz CT molecular complexity index is 1120. The van der Waals surface area contributed by atoms with Gasteiger partial charge in [0, 0.05) is 49.0 Å². The summed E-state index contributed by atoms with van der Waals surface area (Å²) in [5, 5.41) is 1.14. The Morgan fingerprint density at radius 3 is 2.73 bits per heavy atom. The van der Waals surface area contributed by atoms with Crippen molar-refractivity contribution in [2.24, 2.45) is 5.92 Å². The van der Waals surface area contributed by atoms with Gasteiger partial charge in [0.05, 0.1) is 11.3 Å². The maximum absolute atomic E-state index is 12.6. The van der Waals surface area contributed by atoms with E-state index < -0.39 is 0 Å². The molecule has 7 nitrogen and oxygen atoms in total. The number of piperidine rings is 1. The number of imidazole rings is 1. The summed E-state index contributed by atoms with van der Waals surface area (Å²) in [6.07, 6.45) is 7.46. The Kier molecular flexibility index (Phi) is 5.81. The lowest BCUT2D eigenvalue weighted by Gasteiger charge is -2.32. The maximum Gasteiger partial charge on any atom is 0.339 e. The van der Waals surface area contributed by atoms with Gasteiger partial charge in [-0.05, 0) is 44.2 Å². The van der Waals surface area contributed by atoms with Crippen LogP contribution in [0.5, 0.6) is 5.75 Å². The molecule has 0 N–H and O–H groups in total. The van der Waals surface area contributed by atoms with Gasteiger partial charge in [-0.1, -0.05) is 11.6 Å². The van der Waals surface area contributed by atoms with Gasteiger partial charge in [0.2, 0.25) is 0 Å². The Hall–Kier alpha value is -2.80. The molecule has 0 saturated carbocycles. The third-order valence-electron chi connectivity index (χ3n) is 5.86. The number of carbonyl (C=O) groups excluding carboxylic acids is 1. The molecule has 3 aromatic rings. The van der Waals surface area contributed by atoms with Crippen molar-refractivity contribution in [2.45, 2.75) is 33.2 Å². The lowest BCUT2D eigenvalue weighted by Crippen LogP contribution is -2.41. The van der Waals surface area contributed by atoms with Gasteiger partial charge in [-0.25, -0.2) is 9.78 Å². The first-order chi connectivity index (χ1) is 14.4. The zero-order valence-corrected chi connectivity index (χ0v) is 17.8. The SMILES string of the molecule is Cc1c(C)c2cc(Cl)c(OCC(=O)N3CCC(Cn4ccnc4)CC3)cc2oc1=O. The third kappa shape index (κ3) is 4.21. The predicted octanol–water partition coefficient (Wildman–Crippen LogP) is 3.58. The van der Waals surface area contributed by atoms with Crippen LogP contribution in [0, 0.1) is 19.8 Å². The van der Waals surface area contributed by atoms with Crippen molar-refractivity contribution < 1.29 is 13.9 Å². The van der Waals surface area contributed by atoms with E-state index in [2.05, 4.69) is 9.55 Å². The monoisotopic (exact) mass is 429 g/mol. The van der Waals surface area contributed by atoms with Crippen molar-refractivity contribution in [2.75, 3.05) is 19.7 Å². The zero-order valence-electron chi connectivity index (χ0n) is 17.1. The van der Waals surface area contributed by atoms with Crippen LogP contribution in [0.4, 0.5) is 0 Å². The standard InChI is InChI=1S/C22H24ClN3O4/c1-14-15(2)22(28)30-19-10-20(18(23)9-17(14)19)29-12-21(27)26-6-3-16(4-7-26)11-25-8-5-24-13-25/h5,8-10,13,16H,3-4,6-7,11-12H2,1-2H3. The average molecular weight is 430 g/mol. The van der Waals surface area contributed by atoms with Gasteiger partial charge < -0.3 is 18.6 Å². The van der Waals surface area contributed by atoms with Crippen molar-refractivity contribution in [3.8, 4) is 5.75 Å². The molecule has 8 heteroatoms. The number of aromatic nitrogens is 2. The molecule has 4 rings (SSSR count). The van der Waals surface area contributed by atoms with Crippen molar-refractivity contribution in [3.63, 3.8) is 0 Å². The van der Waals surface area contributed by atoms with Crippen LogP contribution >= 0.6 is 11.6 Å². The van der Waals surface area contributed by atoms with Crippen molar-refractivity contribution in [1.29, 1.82) is 0 Å². The third-order valence-corrected chi connectivity index (χ3v) is 6.15. The van der Waals surface area contributed by atoms with E-state index in [4.69, 9.17) is 20.8 Å². The average Bonchev–Trinajstić information content (AvgIpc) is 3.25. The molecule has 0 spiro atoms. The normalized spacial score (nSPS) is 15.0. The highest BCUT2D eigenvalue weighted by atomic mass is 35.5. The van der Waals surface area contributed by atoms with E-state index >= 15 is 0 Å². The summed E-state index contributed by atoms with van der Waals surface area (Å²) >= 11 is 6.35. The molecule has 1 aliphatic rings. The van der Waals surface area contributed by atoms with Crippen LogP contribution in [0.3, 0.4) is 0 Å². The molecule has 1 aromatic carbocycles. The van der Waals surface area contributed by atoms with Crippen LogP contribution in [0.1, 0.15) is 24.0 Å². The highest BCUT2D eigenvalue weighted by molar-refractivity contribution is 6.32. The second-order valence-corrected chi connectivity index (χ2v) is 8.20. The first-order valence-corrected chi connectivity index (χ1v) is 10.4. The van der Waals surface area contributed by atoms with Gasteiger partial charge in [0.25, 0.3) is 5.91 Å². The van der Waals surface area contributed by atoms with Crippen LogP contribution < -0.4 is 10.4 Å². The van der Waals surface area contributed by atoms with Gasteiger partial charge in [0.15, 0.2) is 6.61 Å². The molecule has 2 aromatic heterocycles. The molecular formula is C22H24ClN3O4. The second-order valence-electron chi connectivity index (χ2n) is 7.79. The number of benzene rings is 1. The van der Waals surface area contributed by atoms with E-state index in [1.165, 1.54) is 0 Å². The first kappa shape index (κ1) is 20.5. The molecule has 0 aliphatic carbocycles. The summed E-state index contributed by atoms with van der Waals surface area (Å²) in [5.41, 5.74) is 1.39. The van der Waals surface area contributed by atoms with Crippen LogP contribution in [0.25, 0.3) is 11.0 Å². The molecule has 0 radical (unpaired) electrons. The molecule has 1 aliphatic heterocycles. The number of ether oxygens (including phenoxy) is 1. The van der Waals surface area contributed by atoms with E-state index in [1.54, 1.807) is 25.3 Å². The van der Waals surface area contributed by atoms with Crippen LogP contribution in [-0.4, -0.2) is 40.1 Å². The summed E-state index contributed by atoms with van der Waals surface area (Å²) in [6, 6.07) is 3.29. The van der Waals surface area contributed by atoms with Crippen LogP contribution in [0.2, 0.25) is 5.02 Å². The van der Waals surface area contributed by atoms with E-state index in [1.807, 2.05) is 24.3 Å². The van der Waals surface area contributed by atoms with E-state index in [-0.39, 0.29) is 18.1 Å². The van der Waals surface area contributed by atoms with Crippen LogP contribution in [0.15, 0.2) is 40.1 Å². The first-order valence-electron chi connectivity index (χ1n) is 10.0. The smallest absolute Gasteiger partial charge is 0.339 e. The summed E-state index contributed by atoms with van der Waals surface area (Å²) in [7, 11) is 0. The number of hydrogen-bond acceptors (Lipinski definition) is 5. The molecule has 3 heterocycles. The van der Waals surface area contributed by atoms with E-state index in [0.29, 0.717) is 40.9 Å². The number of likely N-dealkylation sites (tertiary alicyclic amines) is 1. The molecular weight excluding hydrogens is 406 g/mol. The van der Waals surface area contributed by atoms with Crippen molar-refractivity contribution in [1.82, 2.24) is 14.5 Å². The highest BCUT2D eigenvalue weighted by Gasteiger charge is 2.23. The topological polar surface area (TPSA) is 77.6 Å². The van der Waals surface area contributed by atoms with Gasteiger partial charge in [-0.2, -0.15) is 0 Å². The largest absolute Gasteiger partial charge is 0.482 e. The van der Waals surface area contributed by atoms with Crippen molar-refractivity contribution in [3.05, 3.63) is 57.4 Å². The Morgan fingerprint density at radius 1 is 1.27 bits per heavy atom. The molecule has 1 fully saturated rings. The fraction of sp³-hybridized carbons (Fsp3) is 0.409. The lowest BCUT2D eigenvalue weighted by molar-refractivity contribution is -0.134. The molecule has 1 saturated heterocycles. The quantitative estimate of drug-likeness (QED) is 0.579. The molecule has 0 bridgehead atoms. The summed E-state index contributed by atoms with van der Waals surface area (Å²) in [4.78, 5) is 30.4. The van der Waals surface area contributed by atoms with E-state index in [9.17, 15) is 9.59 Å². The second kappa shape index (κ2) is 8.52. The summed E-state index contributed by atoms with van der Waals surface area (Å²) in [6.45, 7) is 5.81. The fourth-order valence-electron chi connectivity index (χ4n) is 3.84. The number of amides is 1. The highest BCUT2D eigenvalue weighted by Crippen LogP contribution is 2.32. The Balaban J connectivity index is 1.37. The van der Waals surface area contributed by atoms with E-state index in [0.717, 1.165) is 30.3 Å². The van der Waals surface area contributed by atoms with Gasteiger partial charge in [0.1, 0.15) is 11.3 Å². The molecule has 30 heavy (non-hydrogen) atoms. The number of halogens is 1. The molecule has 158 valence electrons. The lowest BCUT2D eigenvalue weighted by atomic mass is 9.97. The maximum atomic E-state index is 12.6. The number of aryl methyl sites for hydroxylation is 1. The molecule has 1 amide bonds. The number of hydrogen-bond donors (Lipinski definition) is 0. The Labute approximate surface area is 179 Å².